The fourth-order valence-corrected chi connectivity index (χ4v) is 3.79. The summed E-state index contributed by atoms with van der Waals surface area (Å²) in [5.41, 5.74) is 8.72. The molecule has 0 aromatic heterocycles. The van der Waals surface area contributed by atoms with Crippen molar-refractivity contribution in [3.8, 4) is 6.07 Å². The molecular formula is C21H16ClN3O2. The van der Waals surface area contributed by atoms with Crippen LogP contribution in [-0.2, 0) is 16.1 Å². The van der Waals surface area contributed by atoms with E-state index in [9.17, 15) is 10.1 Å². The molecule has 1 unspecified atom stereocenters. The molecule has 27 heavy (non-hydrogen) atoms. The van der Waals surface area contributed by atoms with Crippen molar-refractivity contribution in [1.82, 2.24) is 4.90 Å². The number of allylic oxidation sites excluding steroid dienone is 1. The Morgan fingerprint density at radius 3 is 2.59 bits per heavy atom. The van der Waals surface area contributed by atoms with Gasteiger partial charge in [-0.05, 0) is 17.2 Å². The van der Waals surface area contributed by atoms with E-state index >= 15 is 0 Å². The Balaban J connectivity index is 1.73. The van der Waals surface area contributed by atoms with Crippen LogP contribution in [0.2, 0.25) is 5.02 Å². The molecule has 0 saturated carbocycles. The number of amides is 1. The fourth-order valence-electron chi connectivity index (χ4n) is 3.55. The lowest BCUT2D eigenvalue weighted by molar-refractivity contribution is -0.128. The molecule has 2 N–H and O–H groups in total. The molecule has 0 saturated heterocycles. The molecule has 0 bridgehead atoms. The highest BCUT2D eigenvalue weighted by Gasteiger charge is 2.42. The van der Waals surface area contributed by atoms with E-state index in [1.165, 1.54) is 0 Å². The molecule has 2 aliphatic rings. The van der Waals surface area contributed by atoms with Crippen LogP contribution >= 0.6 is 11.6 Å². The minimum atomic E-state index is -0.489. The van der Waals surface area contributed by atoms with Gasteiger partial charge in [-0.25, -0.2) is 0 Å². The maximum Gasteiger partial charge on any atom is 0.290 e. The Hall–Kier alpha value is -3.23. The second-order valence-corrected chi connectivity index (χ2v) is 6.85. The van der Waals surface area contributed by atoms with E-state index in [0.717, 1.165) is 16.7 Å². The number of nitrogens with zero attached hydrogens (tertiary/aromatic N) is 2. The van der Waals surface area contributed by atoms with E-state index in [1.807, 2.05) is 48.5 Å². The SMILES string of the molecule is N#CC1=C(N)OC2=C(CN(Cc3ccccc3)C2=O)C1c1ccccc1Cl. The molecule has 0 radical (unpaired) electrons. The monoisotopic (exact) mass is 377 g/mol. The van der Waals surface area contributed by atoms with Crippen LogP contribution in [0, 0.1) is 11.3 Å². The summed E-state index contributed by atoms with van der Waals surface area (Å²) in [7, 11) is 0. The predicted molar refractivity (Wildman–Crippen MR) is 101 cm³/mol. The molecule has 0 aliphatic carbocycles. The summed E-state index contributed by atoms with van der Waals surface area (Å²) in [4.78, 5) is 14.6. The van der Waals surface area contributed by atoms with E-state index in [0.29, 0.717) is 18.1 Å². The van der Waals surface area contributed by atoms with Crippen LogP contribution < -0.4 is 5.73 Å². The van der Waals surface area contributed by atoms with Crippen LogP contribution in [0.3, 0.4) is 0 Å². The summed E-state index contributed by atoms with van der Waals surface area (Å²) in [6, 6.07) is 19.1. The lowest BCUT2D eigenvalue weighted by Gasteiger charge is -2.25. The topological polar surface area (TPSA) is 79.4 Å². The number of nitrogens with two attached hydrogens (primary N) is 1. The maximum atomic E-state index is 12.9. The van der Waals surface area contributed by atoms with Gasteiger partial charge in [0.15, 0.2) is 5.76 Å². The van der Waals surface area contributed by atoms with Gasteiger partial charge in [-0.15, -0.1) is 0 Å². The summed E-state index contributed by atoms with van der Waals surface area (Å²) in [6.45, 7) is 0.810. The zero-order valence-electron chi connectivity index (χ0n) is 14.4. The van der Waals surface area contributed by atoms with E-state index in [4.69, 9.17) is 22.1 Å². The Bertz CT molecular complexity index is 1020. The van der Waals surface area contributed by atoms with Gasteiger partial charge in [0.1, 0.15) is 11.6 Å². The first-order valence-corrected chi connectivity index (χ1v) is 8.86. The lowest BCUT2D eigenvalue weighted by atomic mass is 9.83. The van der Waals surface area contributed by atoms with Crippen LogP contribution in [0.15, 0.2) is 77.4 Å². The number of halogens is 1. The first-order chi connectivity index (χ1) is 13.1. The maximum absolute atomic E-state index is 12.9. The fraction of sp³-hybridized carbons (Fsp3) is 0.143. The Morgan fingerprint density at radius 1 is 1.19 bits per heavy atom. The quantitative estimate of drug-likeness (QED) is 0.888. The molecule has 0 spiro atoms. The molecule has 0 fully saturated rings. The Labute approximate surface area is 161 Å². The summed E-state index contributed by atoms with van der Waals surface area (Å²) in [5.74, 6) is -0.563. The molecule has 2 aromatic carbocycles. The van der Waals surface area contributed by atoms with Crippen LogP contribution in [0.4, 0.5) is 0 Å². The second kappa shape index (κ2) is 6.82. The molecule has 5 nitrogen and oxygen atoms in total. The lowest BCUT2D eigenvalue weighted by Crippen LogP contribution is -2.27. The average molecular weight is 378 g/mol. The first kappa shape index (κ1) is 17.2. The van der Waals surface area contributed by atoms with Crippen LogP contribution in [0.25, 0.3) is 0 Å². The number of carbonyl (C=O) groups is 1. The standard InChI is InChI=1S/C21H16ClN3O2/c22-17-9-5-4-8-14(17)18-15(10-23)20(24)27-19-16(18)12-25(21(19)26)11-13-6-2-1-3-7-13/h1-9,18H,11-12,24H2. The van der Waals surface area contributed by atoms with Crippen LogP contribution in [-0.4, -0.2) is 17.4 Å². The molecule has 134 valence electrons. The van der Waals surface area contributed by atoms with Crippen LogP contribution in [0.5, 0.6) is 0 Å². The van der Waals surface area contributed by atoms with Crippen LogP contribution in [0.1, 0.15) is 17.0 Å². The van der Waals surface area contributed by atoms with Crippen molar-refractivity contribution in [2.75, 3.05) is 6.54 Å². The largest absolute Gasteiger partial charge is 0.435 e. The summed E-state index contributed by atoms with van der Waals surface area (Å²) < 4.78 is 5.57. The molecular weight excluding hydrogens is 362 g/mol. The molecule has 6 heteroatoms. The van der Waals surface area contributed by atoms with Gasteiger partial charge >= 0.3 is 0 Å². The third-order valence-electron chi connectivity index (χ3n) is 4.80. The summed E-state index contributed by atoms with van der Waals surface area (Å²) >= 11 is 6.39. The molecule has 1 amide bonds. The van der Waals surface area contributed by atoms with E-state index in [1.54, 1.807) is 11.0 Å². The highest BCUT2D eigenvalue weighted by Crippen LogP contribution is 2.44. The number of nitriles is 1. The van der Waals surface area contributed by atoms with Gasteiger partial charge in [0, 0.05) is 23.7 Å². The average Bonchev–Trinajstić information content (AvgIpc) is 2.98. The normalized spacial score (nSPS) is 19.0. The number of ether oxygens (including phenoxy) is 1. The minimum Gasteiger partial charge on any atom is -0.435 e. The van der Waals surface area contributed by atoms with Crippen molar-refractivity contribution in [1.29, 1.82) is 5.26 Å². The zero-order valence-corrected chi connectivity index (χ0v) is 15.1. The predicted octanol–water partition coefficient (Wildman–Crippen LogP) is 3.44. The number of rotatable bonds is 3. The number of carbonyl (C=O) groups excluding carboxylic acids is 1. The highest BCUT2D eigenvalue weighted by molar-refractivity contribution is 6.31. The van der Waals surface area contributed by atoms with Crippen molar-refractivity contribution in [3.63, 3.8) is 0 Å². The van der Waals surface area contributed by atoms with Crippen molar-refractivity contribution < 1.29 is 9.53 Å². The van der Waals surface area contributed by atoms with Gasteiger partial charge in [0.05, 0.1) is 5.92 Å². The van der Waals surface area contributed by atoms with Gasteiger partial charge in [0.25, 0.3) is 5.91 Å². The van der Waals surface area contributed by atoms with Gasteiger partial charge in [-0.3, -0.25) is 4.79 Å². The molecule has 4 rings (SSSR count). The van der Waals surface area contributed by atoms with Crippen molar-refractivity contribution in [2.45, 2.75) is 12.5 Å². The number of hydrogen-bond donors (Lipinski definition) is 1. The van der Waals surface area contributed by atoms with Gasteiger partial charge in [-0.2, -0.15) is 5.26 Å². The van der Waals surface area contributed by atoms with Crippen molar-refractivity contribution in [2.24, 2.45) is 5.73 Å². The minimum absolute atomic E-state index is 0.0453. The van der Waals surface area contributed by atoms with Gasteiger partial charge < -0.3 is 15.4 Å². The van der Waals surface area contributed by atoms with E-state index < -0.39 is 5.92 Å². The number of hydrogen-bond acceptors (Lipinski definition) is 4. The smallest absolute Gasteiger partial charge is 0.290 e. The highest BCUT2D eigenvalue weighted by atomic mass is 35.5. The summed E-state index contributed by atoms with van der Waals surface area (Å²) in [5, 5.41) is 10.2. The van der Waals surface area contributed by atoms with Crippen molar-refractivity contribution >= 4 is 17.5 Å². The third-order valence-corrected chi connectivity index (χ3v) is 5.15. The summed E-state index contributed by atoms with van der Waals surface area (Å²) in [6.07, 6.45) is 0. The van der Waals surface area contributed by atoms with E-state index in [-0.39, 0.29) is 23.1 Å². The number of benzene rings is 2. The van der Waals surface area contributed by atoms with Gasteiger partial charge in [-0.1, -0.05) is 60.1 Å². The molecule has 1 atom stereocenters. The molecule has 2 heterocycles. The van der Waals surface area contributed by atoms with E-state index in [2.05, 4.69) is 6.07 Å². The molecule has 2 aliphatic heterocycles. The third kappa shape index (κ3) is 2.94. The Morgan fingerprint density at radius 2 is 1.89 bits per heavy atom. The Kier molecular flexibility index (Phi) is 4.35. The van der Waals surface area contributed by atoms with Gasteiger partial charge in [0.2, 0.25) is 5.88 Å². The first-order valence-electron chi connectivity index (χ1n) is 8.48. The van der Waals surface area contributed by atoms with Crippen molar-refractivity contribution in [3.05, 3.63) is 93.5 Å². The second-order valence-electron chi connectivity index (χ2n) is 6.45. The zero-order chi connectivity index (χ0) is 19.0. The molecule has 2 aromatic rings.